The molecule has 3 atom stereocenters. The smallest absolute Gasteiger partial charge is 0.365 e. The van der Waals surface area contributed by atoms with Crippen molar-refractivity contribution in [3.63, 3.8) is 0 Å². The first kappa shape index (κ1) is 18.2. The van der Waals surface area contributed by atoms with Crippen LogP contribution in [0.3, 0.4) is 0 Å². The number of rotatable bonds is 3. The predicted molar refractivity (Wildman–Crippen MR) is 97.2 cm³/mol. The second-order valence-corrected chi connectivity index (χ2v) is 7.70. The number of aryl methyl sites for hydroxylation is 1. The fourth-order valence-corrected chi connectivity index (χ4v) is 4.27. The van der Waals surface area contributed by atoms with E-state index >= 15 is 0 Å². The molecule has 28 heavy (non-hydrogen) atoms. The van der Waals surface area contributed by atoms with E-state index in [1.807, 2.05) is 19.1 Å². The molecule has 2 aliphatic heterocycles. The van der Waals surface area contributed by atoms with Crippen LogP contribution in [-0.4, -0.2) is 34.0 Å². The lowest BCUT2D eigenvalue weighted by molar-refractivity contribution is -0.133. The molecule has 2 saturated heterocycles. The fraction of sp³-hybridized carbons (Fsp3) is 0.400. The molecule has 8 nitrogen and oxygen atoms in total. The van der Waals surface area contributed by atoms with Gasteiger partial charge < -0.3 is 19.5 Å². The Hall–Kier alpha value is -3.16. The topological polar surface area (TPSA) is 102 Å². The molecule has 146 valence electrons. The van der Waals surface area contributed by atoms with Gasteiger partial charge in [0.2, 0.25) is 11.8 Å². The van der Waals surface area contributed by atoms with E-state index in [0.717, 1.165) is 5.56 Å². The molecule has 2 amide bonds. The van der Waals surface area contributed by atoms with E-state index in [4.69, 9.17) is 9.26 Å². The molecular weight excluding hydrogens is 362 g/mol. The van der Waals surface area contributed by atoms with Crippen molar-refractivity contribution >= 4 is 17.8 Å². The van der Waals surface area contributed by atoms with Crippen molar-refractivity contribution in [1.29, 1.82) is 0 Å². The zero-order valence-corrected chi connectivity index (χ0v) is 15.9. The summed E-state index contributed by atoms with van der Waals surface area (Å²) in [5.74, 6) is 0.0402. The minimum Gasteiger partial charge on any atom is -0.421 e. The highest BCUT2D eigenvalue weighted by molar-refractivity contribution is 5.89. The van der Waals surface area contributed by atoms with E-state index in [-0.39, 0.29) is 35.1 Å². The molecule has 1 aromatic heterocycles. The number of fused-ring (bicyclic) bond motifs is 1. The average molecular weight is 383 g/mol. The minimum atomic E-state index is -0.628. The summed E-state index contributed by atoms with van der Waals surface area (Å²) < 4.78 is 10.5. The van der Waals surface area contributed by atoms with E-state index in [9.17, 15) is 14.4 Å². The highest BCUT2D eigenvalue weighted by atomic mass is 16.5. The molecule has 1 aromatic carbocycles. The zero-order chi connectivity index (χ0) is 20.1. The van der Waals surface area contributed by atoms with Gasteiger partial charge in [-0.2, -0.15) is 0 Å². The second kappa shape index (κ2) is 6.47. The Morgan fingerprint density at radius 1 is 1.36 bits per heavy atom. The Balaban J connectivity index is 1.67. The molecule has 2 aromatic rings. The lowest BCUT2D eigenvalue weighted by Crippen LogP contribution is -2.46. The van der Waals surface area contributed by atoms with Gasteiger partial charge in [0.25, 0.3) is 0 Å². The standard InChI is InChI=1S/C20H21N3O5/c1-11-8-14(22-28-11)18(26)27-16-7-5-4-6-13(16)15-9-20(3)10-17(25)21-19(20)23(15)12(2)24/h4-8,15,19H,9-10H2,1-3H3,(H,21,25). The molecule has 0 spiro atoms. The van der Waals surface area contributed by atoms with Gasteiger partial charge in [0.15, 0.2) is 5.69 Å². The number of hydrogen-bond acceptors (Lipinski definition) is 6. The third kappa shape index (κ3) is 2.94. The quantitative estimate of drug-likeness (QED) is 0.645. The average Bonchev–Trinajstić information content (AvgIpc) is 3.25. The minimum absolute atomic E-state index is 0.0571. The van der Waals surface area contributed by atoms with Gasteiger partial charge in [-0.1, -0.05) is 30.3 Å². The van der Waals surface area contributed by atoms with E-state index in [1.165, 1.54) is 13.0 Å². The molecule has 3 heterocycles. The summed E-state index contributed by atoms with van der Waals surface area (Å²) in [5.41, 5.74) is 0.433. The van der Waals surface area contributed by atoms with Gasteiger partial charge in [-0.05, 0) is 19.4 Å². The lowest BCUT2D eigenvalue weighted by Gasteiger charge is -2.30. The van der Waals surface area contributed by atoms with Crippen molar-refractivity contribution in [3.8, 4) is 5.75 Å². The number of hydrogen-bond donors (Lipinski definition) is 1. The van der Waals surface area contributed by atoms with Crippen LogP contribution in [0.4, 0.5) is 0 Å². The van der Waals surface area contributed by atoms with Gasteiger partial charge in [0.05, 0.1) is 6.04 Å². The molecule has 4 rings (SSSR count). The summed E-state index contributed by atoms with van der Waals surface area (Å²) in [6, 6.07) is 8.31. The van der Waals surface area contributed by atoms with E-state index in [2.05, 4.69) is 10.5 Å². The summed E-state index contributed by atoms with van der Waals surface area (Å²) in [6.07, 6.45) is 0.579. The van der Waals surface area contributed by atoms with Gasteiger partial charge in [-0.3, -0.25) is 9.59 Å². The van der Waals surface area contributed by atoms with Crippen LogP contribution in [0.2, 0.25) is 0 Å². The molecule has 0 saturated carbocycles. The highest BCUT2D eigenvalue weighted by Crippen LogP contribution is 2.52. The number of carbonyl (C=O) groups excluding carboxylic acids is 3. The van der Waals surface area contributed by atoms with Crippen LogP contribution in [0.15, 0.2) is 34.9 Å². The number of nitrogens with zero attached hydrogens (tertiary/aromatic N) is 2. The molecule has 2 fully saturated rings. The van der Waals surface area contributed by atoms with Crippen LogP contribution in [-0.2, 0) is 9.59 Å². The Labute approximate surface area is 161 Å². The Morgan fingerprint density at radius 2 is 2.11 bits per heavy atom. The maximum Gasteiger partial charge on any atom is 0.365 e. The Morgan fingerprint density at radius 3 is 2.79 bits per heavy atom. The molecule has 8 heteroatoms. The molecule has 0 aliphatic carbocycles. The van der Waals surface area contributed by atoms with Crippen molar-refractivity contribution in [3.05, 3.63) is 47.3 Å². The van der Waals surface area contributed by atoms with Gasteiger partial charge in [-0.15, -0.1) is 0 Å². The molecule has 0 radical (unpaired) electrons. The molecule has 1 N–H and O–H groups in total. The SMILES string of the molecule is CC(=O)N1C(c2ccccc2OC(=O)c2cc(C)on2)CC2(C)CC(=O)NC12. The van der Waals surface area contributed by atoms with E-state index < -0.39 is 5.97 Å². The lowest BCUT2D eigenvalue weighted by atomic mass is 9.83. The van der Waals surface area contributed by atoms with Crippen LogP contribution < -0.4 is 10.1 Å². The van der Waals surface area contributed by atoms with Gasteiger partial charge in [0, 0.05) is 30.4 Å². The number of benzene rings is 1. The van der Waals surface area contributed by atoms with Gasteiger partial charge in [-0.25, -0.2) is 4.79 Å². The third-order valence-corrected chi connectivity index (χ3v) is 5.48. The summed E-state index contributed by atoms with van der Waals surface area (Å²) in [5, 5.41) is 6.60. The first-order valence-electron chi connectivity index (χ1n) is 9.11. The number of nitrogens with one attached hydrogen (secondary N) is 1. The fourth-order valence-electron chi connectivity index (χ4n) is 4.27. The van der Waals surface area contributed by atoms with Crippen molar-refractivity contribution in [2.75, 3.05) is 0 Å². The zero-order valence-electron chi connectivity index (χ0n) is 15.9. The number of esters is 1. The van der Waals surface area contributed by atoms with Gasteiger partial charge >= 0.3 is 5.97 Å². The van der Waals surface area contributed by atoms with Crippen LogP contribution in [0.5, 0.6) is 5.75 Å². The summed E-state index contributed by atoms with van der Waals surface area (Å²) in [4.78, 5) is 38.4. The number of aromatic nitrogens is 1. The molecular formula is C20H21N3O5. The van der Waals surface area contributed by atoms with Crippen molar-refractivity contribution < 1.29 is 23.6 Å². The monoisotopic (exact) mass is 383 g/mol. The molecule has 2 aliphatic rings. The Kier molecular flexibility index (Phi) is 4.21. The number of likely N-dealkylation sites (tertiary alicyclic amines) is 1. The van der Waals surface area contributed by atoms with Crippen LogP contribution in [0.25, 0.3) is 0 Å². The normalized spacial score (nSPS) is 26.1. The number of amides is 2. The van der Waals surface area contributed by atoms with Crippen LogP contribution >= 0.6 is 0 Å². The summed E-state index contributed by atoms with van der Waals surface area (Å²) in [6.45, 7) is 5.17. The first-order chi connectivity index (χ1) is 13.3. The maximum atomic E-state index is 12.4. The predicted octanol–water partition coefficient (Wildman–Crippen LogP) is 2.35. The van der Waals surface area contributed by atoms with Crippen molar-refractivity contribution in [2.24, 2.45) is 5.41 Å². The maximum absolute atomic E-state index is 12.4. The summed E-state index contributed by atoms with van der Waals surface area (Å²) in [7, 11) is 0. The number of ether oxygens (including phenoxy) is 1. The van der Waals surface area contributed by atoms with Gasteiger partial charge in [0.1, 0.15) is 17.7 Å². The number of para-hydroxylation sites is 1. The second-order valence-electron chi connectivity index (χ2n) is 7.70. The number of carbonyl (C=O) groups is 3. The largest absolute Gasteiger partial charge is 0.421 e. The highest BCUT2D eigenvalue weighted by Gasteiger charge is 2.56. The van der Waals surface area contributed by atoms with E-state index in [1.54, 1.807) is 24.0 Å². The first-order valence-corrected chi connectivity index (χ1v) is 9.11. The molecule has 3 unspecified atom stereocenters. The van der Waals surface area contributed by atoms with Crippen molar-refractivity contribution in [1.82, 2.24) is 15.4 Å². The van der Waals surface area contributed by atoms with E-state index in [0.29, 0.717) is 24.4 Å². The van der Waals surface area contributed by atoms with Crippen molar-refractivity contribution in [2.45, 2.75) is 45.8 Å². The van der Waals surface area contributed by atoms with Crippen LogP contribution in [0, 0.1) is 12.3 Å². The Bertz CT molecular complexity index is 968. The summed E-state index contributed by atoms with van der Waals surface area (Å²) >= 11 is 0. The molecule has 0 bridgehead atoms. The van der Waals surface area contributed by atoms with Crippen LogP contribution in [0.1, 0.15) is 54.5 Å². The third-order valence-electron chi connectivity index (χ3n) is 5.48.